The van der Waals surface area contributed by atoms with Crippen LogP contribution in [-0.2, 0) is 0 Å². The van der Waals surface area contributed by atoms with E-state index in [1.54, 1.807) is 18.4 Å². The molecule has 3 nitrogen and oxygen atoms in total. The summed E-state index contributed by atoms with van der Waals surface area (Å²) in [7, 11) is 1.69. The van der Waals surface area contributed by atoms with Crippen molar-refractivity contribution in [1.29, 1.82) is 0 Å². The lowest BCUT2D eigenvalue weighted by molar-refractivity contribution is 0.415. The van der Waals surface area contributed by atoms with Crippen molar-refractivity contribution in [2.75, 3.05) is 7.11 Å². The van der Waals surface area contributed by atoms with Gasteiger partial charge in [-0.25, -0.2) is 9.97 Å². The van der Waals surface area contributed by atoms with Gasteiger partial charge in [-0.3, -0.25) is 0 Å². The fourth-order valence-corrected chi connectivity index (χ4v) is 3.23. The molecule has 1 aromatic carbocycles. The number of hydrogen-bond donors (Lipinski definition) is 0. The molecular weight excluding hydrogens is 280 g/mol. The molecule has 0 amide bonds. The SMILES string of the molecule is COc1cc(C)c2nc(-c3nc(C(C)C)cs3)ccc2c1. The highest BCUT2D eigenvalue weighted by molar-refractivity contribution is 7.13. The number of nitrogens with zero attached hydrogens (tertiary/aromatic N) is 2. The first kappa shape index (κ1) is 14.0. The zero-order chi connectivity index (χ0) is 15.0. The van der Waals surface area contributed by atoms with Crippen molar-refractivity contribution in [2.45, 2.75) is 26.7 Å². The van der Waals surface area contributed by atoms with Crippen LogP contribution in [-0.4, -0.2) is 17.1 Å². The maximum absolute atomic E-state index is 5.31. The van der Waals surface area contributed by atoms with Crippen molar-refractivity contribution >= 4 is 22.2 Å². The summed E-state index contributed by atoms with van der Waals surface area (Å²) >= 11 is 1.65. The number of ether oxygens (including phenoxy) is 1. The summed E-state index contributed by atoms with van der Waals surface area (Å²) in [6, 6.07) is 8.15. The zero-order valence-electron chi connectivity index (χ0n) is 12.7. The number of fused-ring (bicyclic) bond motifs is 1. The highest BCUT2D eigenvalue weighted by Crippen LogP contribution is 2.29. The number of methoxy groups -OCH3 is 1. The third kappa shape index (κ3) is 2.63. The molecule has 108 valence electrons. The summed E-state index contributed by atoms with van der Waals surface area (Å²) in [4.78, 5) is 9.47. The minimum absolute atomic E-state index is 0.446. The van der Waals surface area contributed by atoms with Crippen LogP contribution >= 0.6 is 11.3 Å². The predicted molar refractivity (Wildman–Crippen MR) is 88.2 cm³/mol. The van der Waals surface area contributed by atoms with Gasteiger partial charge < -0.3 is 4.74 Å². The van der Waals surface area contributed by atoms with Gasteiger partial charge >= 0.3 is 0 Å². The first-order valence-electron chi connectivity index (χ1n) is 6.99. The average Bonchev–Trinajstić information content (AvgIpc) is 2.97. The summed E-state index contributed by atoms with van der Waals surface area (Å²) in [5.41, 5.74) is 4.19. The van der Waals surface area contributed by atoms with Crippen LogP contribution < -0.4 is 4.74 Å². The standard InChI is InChI=1S/C17H18N2OS/c1-10(2)15-9-21-17(19-15)14-6-5-12-8-13(20-4)7-11(3)16(12)18-14/h5-10H,1-4H3. The Morgan fingerprint density at radius 1 is 1.14 bits per heavy atom. The predicted octanol–water partition coefficient (Wildman–Crippen LogP) is 4.80. The van der Waals surface area contributed by atoms with Gasteiger partial charge in [0.05, 0.1) is 24.0 Å². The number of hydrogen-bond acceptors (Lipinski definition) is 4. The van der Waals surface area contributed by atoms with Gasteiger partial charge in [-0.2, -0.15) is 0 Å². The van der Waals surface area contributed by atoms with E-state index in [0.29, 0.717) is 5.92 Å². The number of benzene rings is 1. The number of aromatic nitrogens is 2. The topological polar surface area (TPSA) is 35.0 Å². The monoisotopic (exact) mass is 298 g/mol. The second-order valence-corrected chi connectivity index (χ2v) is 6.30. The largest absolute Gasteiger partial charge is 0.497 e. The molecule has 3 rings (SSSR count). The second-order valence-electron chi connectivity index (χ2n) is 5.44. The van der Waals surface area contributed by atoms with Crippen LogP contribution in [0, 0.1) is 6.92 Å². The normalized spacial score (nSPS) is 11.3. The van der Waals surface area contributed by atoms with Crippen LogP contribution in [0.15, 0.2) is 29.6 Å². The summed E-state index contributed by atoms with van der Waals surface area (Å²) in [6.45, 7) is 6.37. The summed E-state index contributed by atoms with van der Waals surface area (Å²) in [6.07, 6.45) is 0. The molecule has 0 fully saturated rings. The lowest BCUT2D eigenvalue weighted by Gasteiger charge is -2.07. The number of pyridine rings is 1. The first-order chi connectivity index (χ1) is 10.1. The lowest BCUT2D eigenvalue weighted by atomic mass is 10.1. The molecule has 0 atom stereocenters. The average molecular weight is 298 g/mol. The number of aryl methyl sites for hydroxylation is 1. The van der Waals surface area contributed by atoms with E-state index in [1.165, 1.54) is 0 Å². The molecule has 0 aliphatic heterocycles. The molecule has 4 heteroatoms. The Balaban J connectivity index is 2.10. The fourth-order valence-electron chi connectivity index (χ4n) is 2.28. The van der Waals surface area contributed by atoms with E-state index in [0.717, 1.165) is 38.6 Å². The fraction of sp³-hybridized carbons (Fsp3) is 0.294. The Morgan fingerprint density at radius 3 is 2.62 bits per heavy atom. The molecule has 0 saturated heterocycles. The molecule has 0 bridgehead atoms. The number of thiazole rings is 1. The molecule has 2 heterocycles. The molecule has 0 aliphatic carbocycles. The summed E-state index contributed by atoms with van der Waals surface area (Å²) in [5.74, 6) is 1.31. The van der Waals surface area contributed by atoms with Gasteiger partial charge in [0.25, 0.3) is 0 Å². The van der Waals surface area contributed by atoms with E-state index in [-0.39, 0.29) is 0 Å². The molecule has 3 aromatic rings. The zero-order valence-corrected chi connectivity index (χ0v) is 13.5. The minimum Gasteiger partial charge on any atom is -0.497 e. The van der Waals surface area contributed by atoms with E-state index < -0.39 is 0 Å². The van der Waals surface area contributed by atoms with Crippen LogP contribution in [0.5, 0.6) is 5.75 Å². The molecule has 0 aliphatic rings. The van der Waals surface area contributed by atoms with E-state index in [1.807, 2.05) is 18.2 Å². The Bertz CT molecular complexity index is 793. The van der Waals surface area contributed by atoms with Gasteiger partial charge in [0.2, 0.25) is 0 Å². The Labute approximate surface area is 128 Å². The second kappa shape index (κ2) is 5.45. The third-order valence-electron chi connectivity index (χ3n) is 3.52. The van der Waals surface area contributed by atoms with Crippen molar-refractivity contribution in [2.24, 2.45) is 0 Å². The van der Waals surface area contributed by atoms with E-state index >= 15 is 0 Å². The molecule has 0 spiro atoms. The highest BCUT2D eigenvalue weighted by Gasteiger charge is 2.10. The first-order valence-corrected chi connectivity index (χ1v) is 7.87. The van der Waals surface area contributed by atoms with Crippen molar-refractivity contribution in [3.05, 3.63) is 40.9 Å². The molecule has 0 saturated carbocycles. The van der Waals surface area contributed by atoms with Gasteiger partial charge in [-0.1, -0.05) is 19.9 Å². The Morgan fingerprint density at radius 2 is 1.95 bits per heavy atom. The van der Waals surface area contributed by atoms with E-state index in [2.05, 4.69) is 37.2 Å². The van der Waals surface area contributed by atoms with Crippen LogP contribution in [0.1, 0.15) is 31.0 Å². The molecular formula is C17H18N2OS. The van der Waals surface area contributed by atoms with Gasteiger partial charge in [0.15, 0.2) is 0 Å². The highest BCUT2D eigenvalue weighted by atomic mass is 32.1. The molecule has 2 aromatic heterocycles. The van der Waals surface area contributed by atoms with Gasteiger partial charge in [-0.05, 0) is 36.6 Å². The molecule has 0 N–H and O–H groups in total. The van der Waals surface area contributed by atoms with Crippen LogP contribution in [0.2, 0.25) is 0 Å². The van der Waals surface area contributed by atoms with Crippen molar-refractivity contribution < 1.29 is 4.74 Å². The van der Waals surface area contributed by atoms with Gasteiger partial charge in [-0.15, -0.1) is 11.3 Å². The van der Waals surface area contributed by atoms with Gasteiger partial charge in [0, 0.05) is 10.8 Å². The maximum atomic E-state index is 5.31. The van der Waals surface area contributed by atoms with Crippen molar-refractivity contribution in [3.8, 4) is 16.5 Å². The maximum Gasteiger partial charge on any atom is 0.142 e. The lowest BCUT2D eigenvalue weighted by Crippen LogP contribution is -1.91. The number of rotatable bonds is 3. The third-order valence-corrected chi connectivity index (χ3v) is 4.41. The van der Waals surface area contributed by atoms with E-state index in [4.69, 9.17) is 9.72 Å². The van der Waals surface area contributed by atoms with Crippen LogP contribution in [0.4, 0.5) is 0 Å². The summed E-state index contributed by atoms with van der Waals surface area (Å²) < 4.78 is 5.31. The summed E-state index contributed by atoms with van der Waals surface area (Å²) in [5, 5.41) is 4.19. The van der Waals surface area contributed by atoms with Gasteiger partial charge in [0.1, 0.15) is 10.8 Å². The molecule has 21 heavy (non-hydrogen) atoms. The van der Waals surface area contributed by atoms with Crippen molar-refractivity contribution in [3.63, 3.8) is 0 Å². The molecule has 0 unspecified atom stereocenters. The van der Waals surface area contributed by atoms with Crippen molar-refractivity contribution in [1.82, 2.24) is 9.97 Å². The molecule has 0 radical (unpaired) electrons. The smallest absolute Gasteiger partial charge is 0.142 e. The van der Waals surface area contributed by atoms with Crippen LogP contribution in [0.25, 0.3) is 21.6 Å². The Hall–Kier alpha value is -1.94. The quantitative estimate of drug-likeness (QED) is 0.696. The minimum atomic E-state index is 0.446. The van der Waals surface area contributed by atoms with Crippen LogP contribution in [0.3, 0.4) is 0 Å². The Kier molecular flexibility index (Phi) is 3.64. The van der Waals surface area contributed by atoms with E-state index in [9.17, 15) is 0 Å².